The summed E-state index contributed by atoms with van der Waals surface area (Å²) in [4.78, 5) is 14.8. The molecule has 1 aliphatic heterocycles. The van der Waals surface area contributed by atoms with Crippen molar-refractivity contribution in [2.24, 2.45) is 5.92 Å². The molecule has 2 aromatic rings. The first-order valence-corrected chi connectivity index (χ1v) is 11.0. The van der Waals surface area contributed by atoms with E-state index in [0.717, 1.165) is 30.5 Å². The van der Waals surface area contributed by atoms with Crippen LogP contribution in [0.15, 0.2) is 47.4 Å². The van der Waals surface area contributed by atoms with Crippen LogP contribution in [0.3, 0.4) is 0 Å². The molecule has 1 saturated carbocycles. The average Bonchev–Trinajstić information content (AvgIpc) is 2.94. The number of sulfonamides is 1. The Balaban J connectivity index is 1.60. The topological polar surface area (TPSA) is 75.7 Å². The maximum Gasteiger partial charge on any atom is 0.261 e. The van der Waals surface area contributed by atoms with E-state index in [2.05, 4.69) is 4.72 Å². The minimum absolute atomic E-state index is 0.0485. The number of methoxy groups -OCH3 is 1. The van der Waals surface area contributed by atoms with Crippen LogP contribution in [0.5, 0.6) is 5.75 Å². The van der Waals surface area contributed by atoms with Crippen LogP contribution in [0.25, 0.3) is 0 Å². The summed E-state index contributed by atoms with van der Waals surface area (Å²) in [6.45, 7) is 2.01. The van der Waals surface area contributed by atoms with E-state index in [-0.39, 0.29) is 22.8 Å². The van der Waals surface area contributed by atoms with Crippen molar-refractivity contribution in [3.8, 4) is 5.75 Å². The minimum atomic E-state index is -3.73. The van der Waals surface area contributed by atoms with Gasteiger partial charge in [-0.25, -0.2) is 8.42 Å². The number of amides is 1. The van der Waals surface area contributed by atoms with Gasteiger partial charge in [0.2, 0.25) is 5.91 Å². The SMILES string of the molecule is COc1cccc(NS(=O)(=O)c2ccc3c(c2)C[C@H](C)N3C(=O)C2CCC2)c1. The number of nitrogens with one attached hydrogen (secondary N) is 1. The third kappa shape index (κ3) is 3.35. The molecule has 4 rings (SSSR count). The number of ether oxygens (including phenoxy) is 1. The highest BCUT2D eigenvalue weighted by molar-refractivity contribution is 7.92. The van der Waals surface area contributed by atoms with Gasteiger partial charge in [0.05, 0.1) is 17.7 Å². The summed E-state index contributed by atoms with van der Waals surface area (Å²) < 4.78 is 33.4. The Bertz CT molecular complexity index is 1010. The molecular formula is C21H24N2O4S. The highest BCUT2D eigenvalue weighted by atomic mass is 32.2. The second-order valence-corrected chi connectivity index (χ2v) is 9.20. The fourth-order valence-electron chi connectivity index (χ4n) is 3.86. The molecule has 6 nitrogen and oxygen atoms in total. The zero-order valence-corrected chi connectivity index (χ0v) is 16.8. The van der Waals surface area contributed by atoms with Crippen LogP contribution in [-0.2, 0) is 21.2 Å². The summed E-state index contributed by atoms with van der Waals surface area (Å²) in [5.41, 5.74) is 2.17. The summed E-state index contributed by atoms with van der Waals surface area (Å²) in [6, 6.07) is 11.8. The normalized spacial score (nSPS) is 19.1. The summed E-state index contributed by atoms with van der Waals surface area (Å²) in [5.74, 6) is 0.863. The molecule has 1 fully saturated rings. The Morgan fingerprint density at radius 1 is 1.18 bits per heavy atom. The van der Waals surface area contributed by atoms with Crippen LogP contribution in [0, 0.1) is 5.92 Å². The van der Waals surface area contributed by atoms with Crippen molar-refractivity contribution in [3.05, 3.63) is 48.0 Å². The highest BCUT2D eigenvalue weighted by Gasteiger charge is 2.37. The number of carbonyl (C=O) groups excluding carboxylic acids is 1. The van der Waals surface area contributed by atoms with E-state index in [0.29, 0.717) is 17.9 Å². The first kappa shape index (κ1) is 18.8. The van der Waals surface area contributed by atoms with Gasteiger partial charge in [-0.05, 0) is 62.1 Å². The van der Waals surface area contributed by atoms with E-state index in [1.807, 2.05) is 11.8 Å². The Hall–Kier alpha value is -2.54. The van der Waals surface area contributed by atoms with Crippen LogP contribution in [0.1, 0.15) is 31.7 Å². The van der Waals surface area contributed by atoms with Gasteiger partial charge in [-0.1, -0.05) is 12.5 Å². The highest BCUT2D eigenvalue weighted by Crippen LogP contribution is 2.38. The molecule has 1 heterocycles. The predicted octanol–water partition coefficient (Wildman–Crippen LogP) is 3.57. The van der Waals surface area contributed by atoms with Gasteiger partial charge < -0.3 is 9.64 Å². The minimum Gasteiger partial charge on any atom is -0.497 e. The number of hydrogen-bond donors (Lipinski definition) is 1. The lowest BCUT2D eigenvalue weighted by molar-refractivity contribution is -0.125. The summed E-state index contributed by atoms with van der Waals surface area (Å²) >= 11 is 0. The van der Waals surface area contributed by atoms with Crippen molar-refractivity contribution in [1.29, 1.82) is 0 Å². The number of nitrogens with zero attached hydrogens (tertiary/aromatic N) is 1. The Kier molecular flexibility index (Phi) is 4.79. The molecule has 28 heavy (non-hydrogen) atoms. The number of anilines is 2. The molecule has 0 aromatic heterocycles. The number of fused-ring (bicyclic) bond motifs is 1. The third-order valence-corrected chi connectivity index (χ3v) is 6.97. The zero-order valence-electron chi connectivity index (χ0n) is 16.0. The lowest BCUT2D eigenvalue weighted by atomic mass is 9.84. The van der Waals surface area contributed by atoms with Crippen LogP contribution < -0.4 is 14.4 Å². The summed E-state index contributed by atoms with van der Waals surface area (Å²) in [6.07, 6.45) is 3.68. The maximum atomic E-state index is 12.8. The molecule has 1 N–H and O–H groups in total. The lowest BCUT2D eigenvalue weighted by Crippen LogP contribution is -2.42. The van der Waals surface area contributed by atoms with E-state index >= 15 is 0 Å². The first-order valence-electron chi connectivity index (χ1n) is 9.52. The number of benzene rings is 2. The summed E-state index contributed by atoms with van der Waals surface area (Å²) in [5, 5.41) is 0. The Labute approximate surface area is 165 Å². The van der Waals surface area contributed by atoms with Crippen molar-refractivity contribution >= 4 is 27.3 Å². The molecule has 1 amide bonds. The van der Waals surface area contributed by atoms with Crippen LogP contribution in [-0.4, -0.2) is 27.5 Å². The molecule has 148 valence electrons. The predicted molar refractivity (Wildman–Crippen MR) is 108 cm³/mol. The van der Waals surface area contributed by atoms with Gasteiger partial charge in [-0.3, -0.25) is 9.52 Å². The molecule has 1 aliphatic carbocycles. The molecule has 7 heteroatoms. The number of hydrogen-bond acceptors (Lipinski definition) is 4. The maximum absolute atomic E-state index is 12.8. The van der Waals surface area contributed by atoms with Gasteiger partial charge in [0, 0.05) is 23.7 Å². The lowest BCUT2D eigenvalue weighted by Gasteiger charge is -2.32. The standard InChI is InChI=1S/C21H24N2O4S/c1-14-11-16-12-19(9-10-20(16)23(14)21(24)15-5-3-6-15)28(25,26)22-17-7-4-8-18(13-17)27-2/h4,7-10,12-15,22H,3,5-6,11H2,1-2H3/t14-/m0/s1. The first-order chi connectivity index (χ1) is 13.4. The molecule has 2 aromatic carbocycles. The fraction of sp³-hybridized carbons (Fsp3) is 0.381. The van der Waals surface area contributed by atoms with E-state index in [4.69, 9.17) is 4.74 Å². The second-order valence-electron chi connectivity index (χ2n) is 7.52. The second kappa shape index (κ2) is 7.13. The van der Waals surface area contributed by atoms with Crippen molar-refractivity contribution < 1.29 is 17.9 Å². The number of rotatable bonds is 5. The van der Waals surface area contributed by atoms with Crippen molar-refractivity contribution in [3.63, 3.8) is 0 Å². The molecule has 2 aliphatic rings. The number of carbonyl (C=O) groups is 1. The van der Waals surface area contributed by atoms with Gasteiger partial charge in [0.1, 0.15) is 5.75 Å². The van der Waals surface area contributed by atoms with E-state index in [9.17, 15) is 13.2 Å². The molecule has 0 bridgehead atoms. The van der Waals surface area contributed by atoms with Gasteiger partial charge in [0.25, 0.3) is 10.0 Å². The quantitative estimate of drug-likeness (QED) is 0.832. The van der Waals surface area contributed by atoms with Crippen molar-refractivity contribution in [2.45, 2.75) is 43.5 Å². The average molecular weight is 401 g/mol. The van der Waals surface area contributed by atoms with Crippen LogP contribution >= 0.6 is 0 Å². The van der Waals surface area contributed by atoms with Crippen molar-refractivity contribution in [1.82, 2.24) is 0 Å². The van der Waals surface area contributed by atoms with Crippen LogP contribution in [0.2, 0.25) is 0 Å². The van der Waals surface area contributed by atoms with Gasteiger partial charge in [-0.2, -0.15) is 0 Å². The van der Waals surface area contributed by atoms with Crippen molar-refractivity contribution in [2.75, 3.05) is 16.7 Å². The Morgan fingerprint density at radius 2 is 1.96 bits per heavy atom. The molecule has 0 radical (unpaired) electrons. The fourth-order valence-corrected chi connectivity index (χ4v) is 4.96. The molecule has 1 atom stereocenters. The molecule has 0 spiro atoms. The zero-order chi connectivity index (χ0) is 19.9. The van der Waals surface area contributed by atoms with E-state index < -0.39 is 10.0 Å². The monoisotopic (exact) mass is 400 g/mol. The molecule has 0 saturated heterocycles. The van der Waals surface area contributed by atoms with E-state index in [1.165, 1.54) is 7.11 Å². The third-order valence-electron chi connectivity index (χ3n) is 5.59. The van der Waals surface area contributed by atoms with Crippen LogP contribution in [0.4, 0.5) is 11.4 Å². The molecule has 0 unspecified atom stereocenters. The molecular weight excluding hydrogens is 376 g/mol. The smallest absolute Gasteiger partial charge is 0.261 e. The Morgan fingerprint density at radius 3 is 2.64 bits per heavy atom. The van der Waals surface area contributed by atoms with Gasteiger partial charge in [-0.15, -0.1) is 0 Å². The van der Waals surface area contributed by atoms with Gasteiger partial charge in [0.15, 0.2) is 0 Å². The van der Waals surface area contributed by atoms with Gasteiger partial charge >= 0.3 is 0 Å². The summed E-state index contributed by atoms with van der Waals surface area (Å²) in [7, 11) is -2.20. The largest absolute Gasteiger partial charge is 0.497 e. The van der Waals surface area contributed by atoms with E-state index in [1.54, 1.807) is 42.5 Å².